The number of hydrogen-bond donors (Lipinski definition) is 4. The number of nitrogens with zero attached hydrogens (tertiary/aromatic N) is 3. The summed E-state index contributed by atoms with van der Waals surface area (Å²) in [6, 6.07) is 4.00. The Bertz CT molecular complexity index is 998. The first-order chi connectivity index (χ1) is 14.8. The van der Waals surface area contributed by atoms with Crippen molar-refractivity contribution in [2.45, 2.75) is 49.0 Å². The van der Waals surface area contributed by atoms with Gasteiger partial charge in [0.2, 0.25) is 6.29 Å². The predicted octanol–water partition coefficient (Wildman–Crippen LogP) is -0.455. The molecule has 3 heterocycles. The van der Waals surface area contributed by atoms with E-state index in [9.17, 15) is 24.9 Å². The first-order valence-electron chi connectivity index (χ1n) is 9.96. The Morgan fingerprint density at radius 2 is 1.55 bits per heavy atom. The molecule has 1 amide bonds. The third-order valence-corrected chi connectivity index (χ3v) is 6.29. The number of fused-ring (bicyclic) bond motifs is 6. The number of ether oxygens (including phenoxy) is 2. The van der Waals surface area contributed by atoms with E-state index in [0.717, 1.165) is 28.6 Å². The Labute approximate surface area is 175 Å². The number of aliphatic hydroxyl groups excluding tert-OH is 3. The second-order valence-electron chi connectivity index (χ2n) is 8.18. The van der Waals surface area contributed by atoms with Gasteiger partial charge in [-0.25, -0.2) is 9.59 Å². The van der Waals surface area contributed by atoms with Gasteiger partial charge >= 0.3 is 12.1 Å². The summed E-state index contributed by atoms with van der Waals surface area (Å²) < 4.78 is 10.2. The van der Waals surface area contributed by atoms with E-state index in [1.54, 1.807) is 12.4 Å². The summed E-state index contributed by atoms with van der Waals surface area (Å²) >= 11 is 0. The maximum Gasteiger partial charge on any atom is 0.412 e. The molecule has 2 saturated heterocycles. The standard InChI is InChI=1S/C20H21N3O8/c24-14-15(25)17(18(27)28)30-19(16(14)26)31-20(29)23-6-8-3-9(7-23)11-5-13-12(4-10(8)11)21-1-2-22-13/h1-2,4-5,8-9,14-17,19,24-26H,3,6-7H2,(H,27,28)/t8?,9?,14-,15-,16?,17?,19-/m0/s1. The van der Waals surface area contributed by atoms with Crippen LogP contribution in [0.4, 0.5) is 4.79 Å². The lowest BCUT2D eigenvalue weighted by Gasteiger charge is -2.39. The topological polar surface area (TPSA) is 163 Å². The van der Waals surface area contributed by atoms with Crippen molar-refractivity contribution >= 4 is 23.1 Å². The van der Waals surface area contributed by atoms with E-state index >= 15 is 0 Å². The second kappa shape index (κ2) is 7.38. The van der Waals surface area contributed by atoms with Crippen molar-refractivity contribution in [1.82, 2.24) is 14.9 Å². The van der Waals surface area contributed by atoms with Crippen LogP contribution in [0.1, 0.15) is 29.4 Å². The molecule has 0 radical (unpaired) electrons. The average molecular weight is 431 g/mol. The van der Waals surface area contributed by atoms with Crippen molar-refractivity contribution in [1.29, 1.82) is 0 Å². The van der Waals surface area contributed by atoms with Crippen LogP contribution in [0.3, 0.4) is 0 Å². The molecule has 2 fully saturated rings. The second-order valence-corrected chi connectivity index (χ2v) is 8.18. The highest BCUT2D eigenvalue weighted by molar-refractivity contribution is 5.78. The van der Waals surface area contributed by atoms with Gasteiger partial charge in [0.1, 0.15) is 18.3 Å². The first-order valence-corrected chi connectivity index (χ1v) is 9.96. The van der Waals surface area contributed by atoms with Gasteiger partial charge in [-0.15, -0.1) is 0 Å². The lowest BCUT2D eigenvalue weighted by Crippen LogP contribution is -2.61. The van der Waals surface area contributed by atoms with Crippen LogP contribution < -0.4 is 0 Å². The van der Waals surface area contributed by atoms with Gasteiger partial charge in [-0.2, -0.15) is 0 Å². The number of aliphatic hydroxyl groups is 3. The molecule has 3 aliphatic rings. The number of carbonyl (C=O) groups excluding carboxylic acids is 1. The Kier molecular flexibility index (Phi) is 4.77. The molecule has 2 aromatic rings. The summed E-state index contributed by atoms with van der Waals surface area (Å²) in [5.74, 6) is -1.37. The smallest absolute Gasteiger partial charge is 0.412 e. The predicted molar refractivity (Wildman–Crippen MR) is 102 cm³/mol. The van der Waals surface area contributed by atoms with Crippen molar-refractivity contribution in [2.75, 3.05) is 13.1 Å². The minimum absolute atomic E-state index is 0.0871. The third-order valence-electron chi connectivity index (χ3n) is 6.29. The quantitative estimate of drug-likeness (QED) is 0.490. The molecule has 2 bridgehead atoms. The summed E-state index contributed by atoms with van der Waals surface area (Å²) in [6.45, 7) is 0.759. The van der Waals surface area contributed by atoms with E-state index in [-0.39, 0.29) is 11.8 Å². The highest BCUT2D eigenvalue weighted by atomic mass is 16.7. The number of likely N-dealkylation sites (tertiary alicyclic amines) is 1. The number of carboxylic acids is 1. The van der Waals surface area contributed by atoms with Crippen LogP contribution in [-0.4, -0.2) is 91.2 Å². The monoisotopic (exact) mass is 431 g/mol. The zero-order chi connectivity index (χ0) is 21.9. The number of benzene rings is 1. The van der Waals surface area contributed by atoms with Crippen molar-refractivity contribution < 1.29 is 39.5 Å². The molecule has 0 saturated carbocycles. The highest BCUT2D eigenvalue weighted by Crippen LogP contribution is 2.47. The fraction of sp³-hybridized carbons (Fsp3) is 0.500. The van der Waals surface area contributed by atoms with Crippen LogP contribution in [0.5, 0.6) is 0 Å². The van der Waals surface area contributed by atoms with Gasteiger partial charge in [0.15, 0.2) is 6.10 Å². The van der Waals surface area contributed by atoms with Gasteiger partial charge in [0.25, 0.3) is 0 Å². The number of aromatic nitrogens is 2. The van der Waals surface area contributed by atoms with E-state index in [2.05, 4.69) is 9.97 Å². The van der Waals surface area contributed by atoms with Crippen LogP contribution in [0, 0.1) is 0 Å². The molecular weight excluding hydrogens is 410 g/mol. The van der Waals surface area contributed by atoms with E-state index in [1.165, 1.54) is 4.90 Å². The average Bonchev–Trinajstić information content (AvgIpc) is 3.01. The number of carboxylic acid groups (broad SMARTS) is 1. The molecular formula is C20H21N3O8. The molecule has 11 heteroatoms. The largest absolute Gasteiger partial charge is 0.479 e. The van der Waals surface area contributed by atoms with Gasteiger partial charge in [0.05, 0.1) is 11.0 Å². The summed E-state index contributed by atoms with van der Waals surface area (Å²) in [7, 11) is 0. The highest BCUT2D eigenvalue weighted by Gasteiger charge is 2.49. The Balaban J connectivity index is 1.32. The van der Waals surface area contributed by atoms with Gasteiger partial charge in [0, 0.05) is 37.3 Å². The maximum atomic E-state index is 12.8. The molecule has 2 aliphatic heterocycles. The fourth-order valence-corrected chi connectivity index (χ4v) is 4.77. The number of amides is 1. The molecule has 31 heavy (non-hydrogen) atoms. The molecule has 0 spiro atoms. The molecule has 1 aromatic carbocycles. The van der Waals surface area contributed by atoms with Gasteiger partial charge < -0.3 is 34.8 Å². The van der Waals surface area contributed by atoms with Crippen molar-refractivity contribution in [3.8, 4) is 0 Å². The van der Waals surface area contributed by atoms with Gasteiger partial charge in [-0.3, -0.25) is 9.97 Å². The molecule has 7 atom stereocenters. The van der Waals surface area contributed by atoms with Crippen LogP contribution >= 0.6 is 0 Å². The van der Waals surface area contributed by atoms with E-state index < -0.39 is 42.8 Å². The molecule has 5 rings (SSSR count). The molecule has 11 nitrogen and oxygen atoms in total. The molecule has 1 aliphatic carbocycles. The summed E-state index contributed by atoms with van der Waals surface area (Å²) in [6.07, 6.45) is -5.66. The molecule has 4 N–H and O–H groups in total. The first kappa shape index (κ1) is 20.1. The molecule has 164 valence electrons. The minimum atomic E-state index is -1.85. The van der Waals surface area contributed by atoms with E-state index in [4.69, 9.17) is 14.6 Å². The van der Waals surface area contributed by atoms with Gasteiger partial charge in [-0.1, -0.05) is 0 Å². The number of aliphatic carboxylic acids is 1. The molecule has 4 unspecified atom stereocenters. The zero-order valence-electron chi connectivity index (χ0n) is 16.2. The minimum Gasteiger partial charge on any atom is -0.479 e. The van der Waals surface area contributed by atoms with Crippen LogP contribution in [-0.2, 0) is 14.3 Å². The van der Waals surface area contributed by atoms with Crippen LogP contribution in [0.25, 0.3) is 11.0 Å². The van der Waals surface area contributed by atoms with E-state index in [0.29, 0.717) is 13.1 Å². The number of rotatable bonds is 2. The summed E-state index contributed by atoms with van der Waals surface area (Å²) in [5.41, 5.74) is 3.81. The number of piperidine rings is 1. The molecule has 1 aromatic heterocycles. The zero-order valence-corrected chi connectivity index (χ0v) is 16.2. The summed E-state index contributed by atoms with van der Waals surface area (Å²) in [5, 5.41) is 38.9. The Hall–Kier alpha value is -2.86. The van der Waals surface area contributed by atoms with Crippen molar-refractivity contribution in [3.63, 3.8) is 0 Å². The summed E-state index contributed by atoms with van der Waals surface area (Å²) in [4.78, 5) is 34.2. The maximum absolute atomic E-state index is 12.8. The Morgan fingerprint density at radius 3 is 2.10 bits per heavy atom. The number of carbonyl (C=O) groups is 2. The van der Waals surface area contributed by atoms with Gasteiger partial charge in [-0.05, 0) is 29.7 Å². The van der Waals surface area contributed by atoms with Crippen LogP contribution in [0.2, 0.25) is 0 Å². The van der Waals surface area contributed by atoms with E-state index in [1.807, 2.05) is 12.1 Å². The lowest BCUT2D eigenvalue weighted by atomic mass is 9.96. The van der Waals surface area contributed by atoms with Crippen molar-refractivity contribution in [3.05, 3.63) is 35.7 Å². The lowest BCUT2D eigenvalue weighted by molar-refractivity contribution is -0.280. The third kappa shape index (κ3) is 3.30. The van der Waals surface area contributed by atoms with Crippen LogP contribution in [0.15, 0.2) is 24.5 Å². The Morgan fingerprint density at radius 1 is 0.968 bits per heavy atom. The number of hydrogen-bond acceptors (Lipinski definition) is 9. The van der Waals surface area contributed by atoms with Crippen molar-refractivity contribution in [2.24, 2.45) is 0 Å². The fourth-order valence-electron chi connectivity index (χ4n) is 4.77. The SMILES string of the molecule is O=C(O)C1O[C@@H](OC(=O)N2CC3CC(C2)c2cc4nccnc4cc23)C(O)[C@@H](O)[C@@H]1O. The normalized spacial score (nSPS) is 34.4.